The molecule has 28 heavy (non-hydrogen) atoms. The van der Waals surface area contributed by atoms with Gasteiger partial charge < -0.3 is 0 Å². The number of carbonyl (C=O) groups is 1. The molecule has 0 fully saturated rings. The van der Waals surface area contributed by atoms with Crippen molar-refractivity contribution in [2.24, 2.45) is 0 Å². The van der Waals surface area contributed by atoms with Crippen LogP contribution in [0.2, 0.25) is 0 Å². The van der Waals surface area contributed by atoms with Crippen molar-refractivity contribution in [3.05, 3.63) is 89.1 Å². The van der Waals surface area contributed by atoms with E-state index in [1.54, 1.807) is 48.1 Å². The molecule has 3 rings (SSSR count). The molecule has 0 saturated carbocycles. The van der Waals surface area contributed by atoms with Crippen molar-refractivity contribution in [2.75, 3.05) is 0 Å². The molecule has 1 heterocycles. The lowest BCUT2D eigenvalue weighted by Crippen LogP contribution is -2.18. The number of nitrogens with one attached hydrogen (secondary N) is 1. The van der Waals surface area contributed by atoms with Crippen LogP contribution in [-0.4, -0.2) is 16.1 Å². The predicted molar refractivity (Wildman–Crippen MR) is 99.3 cm³/mol. The number of hydrogen-bond donors (Lipinski definition) is 2. The minimum absolute atomic E-state index is 0.327. The zero-order chi connectivity index (χ0) is 20.1. The van der Waals surface area contributed by atoms with Gasteiger partial charge in [0.15, 0.2) is 0 Å². The van der Waals surface area contributed by atoms with Gasteiger partial charge in [0.2, 0.25) is 0 Å². The van der Waals surface area contributed by atoms with Crippen LogP contribution in [0.25, 0.3) is 23.4 Å². The second-order valence-corrected chi connectivity index (χ2v) is 5.95. The van der Waals surface area contributed by atoms with E-state index in [0.29, 0.717) is 16.8 Å². The first kappa shape index (κ1) is 19.3. The summed E-state index contributed by atoms with van der Waals surface area (Å²) in [5.41, 5.74) is 3.99. The third-order valence-electron chi connectivity index (χ3n) is 4.03. The molecule has 3 aromatic rings. The lowest BCUT2D eigenvalue weighted by Gasteiger charge is -2.07. The maximum Gasteiger partial charge on any atom is 0.416 e. The van der Waals surface area contributed by atoms with E-state index >= 15 is 0 Å². The van der Waals surface area contributed by atoms with E-state index in [-0.39, 0.29) is 0 Å². The second kappa shape index (κ2) is 8.06. The highest BCUT2D eigenvalue weighted by Crippen LogP contribution is 2.30. The fourth-order valence-corrected chi connectivity index (χ4v) is 2.54. The van der Waals surface area contributed by atoms with Crippen LogP contribution in [0.1, 0.15) is 27.0 Å². The van der Waals surface area contributed by atoms with Gasteiger partial charge in [-0.15, -0.1) is 0 Å². The maximum absolute atomic E-state index is 12.7. The number of hydroxylamine groups is 1. The molecule has 0 spiro atoms. The largest absolute Gasteiger partial charge is 0.416 e. The number of aromatic nitrogens is 1. The summed E-state index contributed by atoms with van der Waals surface area (Å²) >= 11 is 0. The Morgan fingerprint density at radius 2 is 1.57 bits per heavy atom. The van der Waals surface area contributed by atoms with E-state index in [1.165, 1.54) is 12.1 Å². The minimum atomic E-state index is -4.37. The summed E-state index contributed by atoms with van der Waals surface area (Å²) in [6.07, 6.45) is 0.869. The van der Waals surface area contributed by atoms with Crippen LogP contribution >= 0.6 is 0 Å². The molecular formula is C21H15F3N2O2. The normalized spacial score (nSPS) is 11.6. The lowest BCUT2D eigenvalue weighted by molar-refractivity contribution is -0.137. The Labute approximate surface area is 158 Å². The van der Waals surface area contributed by atoms with Crippen molar-refractivity contribution < 1.29 is 23.2 Å². The Hall–Kier alpha value is -3.45. The van der Waals surface area contributed by atoms with Crippen molar-refractivity contribution in [3.63, 3.8) is 0 Å². The SMILES string of the molecule is O=C(NO)c1ccc(/C=C/c2ccnc(-c3ccc(C(F)(F)F)cc3)c2)cc1. The van der Waals surface area contributed by atoms with E-state index in [9.17, 15) is 18.0 Å². The van der Waals surface area contributed by atoms with Crippen molar-refractivity contribution in [3.8, 4) is 11.3 Å². The number of pyridine rings is 1. The highest BCUT2D eigenvalue weighted by molar-refractivity contribution is 5.93. The molecule has 1 amide bonds. The van der Waals surface area contributed by atoms with Crippen LogP contribution in [0.5, 0.6) is 0 Å². The van der Waals surface area contributed by atoms with Crippen molar-refractivity contribution in [2.45, 2.75) is 6.18 Å². The number of rotatable bonds is 4. The first-order valence-corrected chi connectivity index (χ1v) is 8.23. The molecule has 4 nitrogen and oxygen atoms in total. The van der Waals surface area contributed by atoms with Gasteiger partial charge in [0.25, 0.3) is 5.91 Å². The Balaban J connectivity index is 1.78. The van der Waals surface area contributed by atoms with Crippen LogP contribution < -0.4 is 5.48 Å². The van der Waals surface area contributed by atoms with Crippen LogP contribution in [0.3, 0.4) is 0 Å². The molecule has 1 aromatic heterocycles. The number of carbonyl (C=O) groups excluding carboxylic acids is 1. The molecule has 7 heteroatoms. The molecular weight excluding hydrogens is 369 g/mol. The molecule has 0 radical (unpaired) electrons. The second-order valence-electron chi connectivity index (χ2n) is 5.95. The fraction of sp³-hybridized carbons (Fsp3) is 0.0476. The lowest BCUT2D eigenvalue weighted by atomic mass is 10.1. The van der Waals surface area contributed by atoms with Gasteiger partial charge in [0.1, 0.15) is 0 Å². The topological polar surface area (TPSA) is 62.2 Å². The predicted octanol–water partition coefficient (Wildman–Crippen LogP) is 5.06. The van der Waals surface area contributed by atoms with E-state index in [1.807, 2.05) is 12.2 Å². The standard InChI is InChI=1S/C21H15F3N2O2/c22-21(23,24)18-9-7-16(8-10-18)19-13-15(11-12-25-19)2-1-14-3-5-17(6-4-14)20(27)26-28/h1-13,28H,(H,26,27)/b2-1+. The molecule has 0 unspecified atom stereocenters. The third kappa shape index (κ3) is 4.63. The molecule has 0 aliphatic heterocycles. The van der Waals surface area contributed by atoms with E-state index in [2.05, 4.69) is 4.98 Å². The Morgan fingerprint density at radius 1 is 0.929 bits per heavy atom. The van der Waals surface area contributed by atoms with Gasteiger partial charge in [-0.05, 0) is 47.5 Å². The smallest absolute Gasteiger partial charge is 0.288 e. The Kier molecular flexibility index (Phi) is 5.56. The van der Waals surface area contributed by atoms with E-state index in [4.69, 9.17) is 5.21 Å². The highest BCUT2D eigenvalue weighted by atomic mass is 19.4. The average molecular weight is 384 g/mol. The van der Waals surface area contributed by atoms with E-state index in [0.717, 1.165) is 23.3 Å². The quantitative estimate of drug-likeness (QED) is 0.488. The molecule has 2 N–H and O–H groups in total. The summed E-state index contributed by atoms with van der Waals surface area (Å²) in [6.45, 7) is 0. The molecule has 0 aliphatic carbocycles. The molecule has 2 aromatic carbocycles. The summed E-state index contributed by atoms with van der Waals surface area (Å²) < 4.78 is 38.0. The van der Waals surface area contributed by atoms with Gasteiger partial charge in [0, 0.05) is 17.3 Å². The number of alkyl halides is 3. The minimum Gasteiger partial charge on any atom is -0.288 e. The molecule has 142 valence electrons. The molecule has 0 atom stereocenters. The molecule has 0 aliphatic rings. The monoisotopic (exact) mass is 384 g/mol. The summed E-state index contributed by atoms with van der Waals surface area (Å²) in [5, 5.41) is 8.61. The van der Waals surface area contributed by atoms with Gasteiger partial charge in [-0.3, -0.25) is 15.0 Å². The number of nitrogens with zero attached hydrogens (tertiary/aromatic N) is 1. The van der Waals surface area contributed by atoms with Gasteiger partial charge >= 0.3 is 6.18 Å². The number of halogens is 3. The Bertz CT molecular complexity index is 995. The van der Waals surface area contributed by atoms with Gasteiger partial charge in [-0.1, -0.05) is 36.4 Å². The summed E-state index contributed by atoms with van der Waals surface area (Å²) in [7, 11) is 0. The number of hydrogen-bond acceptors (Lipinski definition) is 3. The maximum atomic E-state index is 12.7. The zero-order valence-electron chi connectivity index (χ0n) is 14.4. The number of benzene rings is 2. The summed E-state index contributed by atoms with van der Waals surface area (Å²) in [5.74, 6) is -0.592. The highest BCUT2D eigenvalue weighted by Gasteiger charge is 2.29. The zero-order valence-corrected chi connectivity index (χ0v) is 14.4. The average Bonchev–Trinajstić information content (AvgIpc) is 2.72. The van der Waals surface area contributed by atoms with Gasteiger partial charge in [0.05, 0.1) is 11.3 Å². The fourth-order valence-electron chi connectivity index (χ4n) is 2.54. The van der Waals surface area contributed by atoms with Crippen molar-refractivity contribution >= 4 is 18.1 Å². The van der Waals surface area contributed by atoms with Crippen molar-refractivity contribution in [1.82, 2.24) is 10.5 Å². The third-order valence-corrected chi connectivity index (χ3v) is 4.03. The van der Waals surface area contributed by atoms with Crippen LogP contribution in [-0.2, 0) is 6.18 Å². The first-order chi connectivity index (χ1) is 13.4. The van der Waals surface area contributed by atoms with Crippen LogP contribution in [0.15, 0.2) is 66.9 Å². The summed E-state index contributed by atoms with van der Waals surface area (Å²) in [6, 6.07) is 15.0. The van der Waals surface area contributed by atoms with Crippen LogP contribution in [0, 0.1) is 0 Å². The first-order valence-electron chi connectivity index (χ1n) is 8.23. The Morgan fingerprint density at radius 3 is 2.18 bits per heavy atom. The summed E-state index contributed by atoms with van der Waals surface area (Å²) in [4.78, 5) is 15.5. The number of amides is 1. The van der Waals surface area contributed by atoms with Gasteiger partial charge in [-0.2, -0.15) is 13.2 Å². The molecule has 0 saturated heterocycles. The van der Waals surface area contributed by atoms with Crippen molar-refractivity contribution in [1.29, 1.82) is 0 Å². The molecule has 0 bridgehead atoms. The van der Waals surface area contributed by atoms with E-state index < -0.39 is 17.6 Å². The van der Waals surface area contributed by atoms with Gasteiger partial charge in [-0.25, -0.2) is 5.48 Å². The van der Waals surface area contributed by atoms with Crippen LogP contribution in [0.4, 0.5) is 13.2 Å².